The van der Waals surface area contributed by atoms with Gasteiger partial charge in [-0.15, -0.1) is 0 Å². The van der Waals surface area contributed by atoms with E-state index >= 15 is 0 Å². The number of benzene rings is 1. The van der Waals surface area contributed by atoms with Gasteiger partial charge in [0.15, 0.2) is 0 Å². The first kappa shape index (κ1) is 15.3. The summed E-state index contributed by atoms with van der Waals surface area (Å²) < 4.78 is 5.99. The molecule has 2 nitrogen and oxygen atoms in total. The van der Waals surface area contributed by atoms with E-state index in [9.17, 15) is 0 Å². The molecule has 1 aromatic rings. The van der Waals surface area contributed by atoms with Gasteiger partial charge >= 0.3 is 0 Å². The van der Waals surface area contributed by atoms with Gasteiger partial charge in [0.1, 0.15) is 0 Å². The third kappa shape index (κ3) is 2.86. The van der Waals surface area contributed by atoms with Crippen LogP contribution >= 0.6 is 11.6 Å². The Kier molecular flexibility index (Phi) is 4.58. The summed E-state index contributed by atoms with van der Waals surface area (Å²) in [6.07, 6.45) is 6.99. The second-order valence-corrected chi connectivity index (χ2v) is 7.05. The fraction of sp³-hybridized carbons (Fsp3) is 0.667. The predicted molar refractivity (Wildman–Crippen MR) is 87.7 cm³/mol. The van der Waals surface area contributed by atoms with Crippen molar-refractivity contribution in [1.82, 2.24) is 5.32 Å². The molecule has 3 rings (SSSR count). The number of rotatable bonds is 5. The summed E-state index contributed by atoms with van der Waals surface area (Å²) in [5, 5.41) is 4.65. The van der Waals surface area contributed by atoms with Gasteiger partial charge in [-0.25, -0.2) is 0 Å². The molecule has 0 amide bonds. The van der Waals surface area contributed by atoms with E-state index in [0.29, 0.717) is 23.6 Å². The molecule has 3 atom stereocenters. The second kappa shape index (κ2) is 6.28. The Bertz CT molecular complexity index is 467. The average Bonchev–Trinajstić information content (AvgIpc) is 2.99. The van der Waals surface area contributed by atoms with Crippen LogP contribution in [0.15, 0.2) is 24.3 Å². The smallest absolute Gasteiger partial charge is 0.0661 e. The van der Waals surface area contributed by atoms with Gasteiger partial charge in [-0.05, 0) is 50.8 Å². The largest absolute Gasteiger partial charge is 0.378 e. The monoisotopic (exact) mass is 307 g/mol. The van der Waals surface area contributed by atoms with Crippen molar-refractivity contribution < 1.29 is 4.74 Å². The molecule has 116 valence electrons. The van der Waals surface area contributed by atoms with Crippen molar-refractivity contribution in [3.05, 3.63) is 34.9 Å². The molecule has 0 bridgehead atoms. The van der Waals surface area contributed by atoms with Crippen LogP contribution < -0.4 is 5.32 Å². The normalized spacial score (nSPS) is 28.5. The van der Waals surface area contributed by atoms with Crippen molar-refractivity contribution in [1.29, 1.82) is 0 Å². The highest BCUT2D eigenvalue weighted by atomic mass is 35.5. The van der Waals surface area contributed by atoms with Crippen LogP contribution in [0.1, 0.15) is 57.6 Å². The van der Waals surface area contributed by atoms with Crippen LogP contribution in [-0.4, -0.2) is 18.8 Å². The van der Waals surface area contributed by atoms with Gasteiger partial charge in [0.25, 0.3) is 0 Å². The fourth-order valence-electron chi connectivity index (χ4n) is 4.27. The summed E-state index contributed by atoms with van der Waals surface area (Å²) in [6, 6.07) is 9.17. The lowest BCUT2D eigenvalue weighted by molar-refractivity contribution is -0.132. The van der Waals surface area contributed by atoms with Crippen LogP contribution in [0.4, 0.5) is 0 Å². The van der Waals surface area contributed by atoms with E-state index in [0.717, 1.165) is 18.1 Å². The molecule has 2 fully saturated rings. The van der Waals surface area contributed by atoms with Gasteiger partial charge in [-0.3, -0.25) is 0 Å². The van der Waals surface area contributed by atoms with Gasteiger partial charge in [0.05, 0.1) is 6.10 Å². The molecule has 3 heteroatoms. The number of nitrogens with one attached hydrogen (secondary N) is 1. The van der Waals surface area contributed by atoms with Crippen LogP contribution in [0.25, 0.3) is 0 Å². The summed E-state index contributed by atoms with van der Waals surface area (Å²) >= 11 is 5.98. The quantitative estimate of drug-likeness (QED) is 0.849. The Morgan fingerprint density at radius 2 is 1.95 bits per heavy atom. The second-order valence-electron chi connectivity index (χ2n) is 6.61. The molecule has 0 saturated heterocycles. The molecule has 0 aliphatic heterocycles. The maximum absolute atomic E-state index is 5.99. The standard InChI is InChI=1S/C18H26ClNO/c1-3-21-17-12-16(18(17)10-4-5-11-18)20-13(2)14-6-8-15(19)9-7-14/h6-9,13,16-17,20H,3-5,10-12H2,1-2H3/t13-,16?,17?/m1/s1. The van der Waals surface area contributed by atoms with E-state index in [1.165, 1.54) is 31.2 Å². The number of hydrogen-bond donors (Lipinski definition) is 1. The van der Waals surface area contributed by atoms with Crippen molar-refractivity contribution in [2.75, 3.05) is 6.61 Å². The third-order valence-corrected chi connectivity index (χ3v) is 5.76. The van der Waals surface area contributed by atoms with Gasteiger partial charge in [0.2, 0.25) is 0 Å². The molecule has 2 aliphatic rings. The Hall–Kier alpha value is -0.570. The zero-order valence-electron chi connectivity index (χ0n) is 13.1. The van der Waals surface area contributed by atoms with Gasteiger partial charge in [-0.1, -0.05) is 36.6 Å². The topological polar surface area (TPSA) is 21.3 Å². The number of hydrogen-bond acceptors (Lipinski definition) is 2. The third-order valence-electron chi connectivity index (χ3n) is 5.51. The van der Waals surface area contributed by atoms with Crippen LogP contribution in [0.5, 0.6) is 0 Å². The highest BCUT2D eigenvalue weighted by Crippen LogP contribution is 2.55. The van der Waals surface area contributed by atoms with Crippen molar-refractivity contribution in [2.45, 2.75) is 64.1 Å². The molecule has 21 heavy (non-hydrogen) atoms. The van der Waals surface area contributed by atoms with Crippen molar-refractivity contribution in [2.24, 2.45) is 5.41 Å². The van der Waals surface area contributed by atoms with Crippen LogP contribution in [0, 0.1) is 5.41 Å². The summed E-state index contributed by atoms with van der Waals surface area (Å²) in [5.74, 6) is 0. The van der Waals surface area contributed by atoms with Gasteiger partial charge in [-0.2, -0.15) is 0 Å². The lowest BCUT2D eigenvalue weighted by Crippen LogP contribution is -2.63. The first-order chi connectivity index (χ1) is 10.2. The van der Waals surface area contributed by atoms with E-state index in [1.54, 1.807) is 0 Å². The molecular formula is C18H26ClNO. The molecule has 1 spiro atoms. The molecule has 0 heterocycles. The van der Waals surface area contributed by atoms with Crippen molar-refractivity contribution in [3.8, 4) is 0 Å². The van der Waals surface area contributed by atoms with Crippen LogP contribution in [-0.2, 0) is 4.74 Å². The first-order valence-corrected chi connectivity index (χ1v) is 8.66. The Morgan fingerprint density at radius 1 is 1.29 bits per heavy atom. The minimum absolute atomic E-state index is 0.368. The Morgan fingerprint density at radius 3 is 2.57 bits per heavy atom. The number of ether oxygens (including phenoxy) is 1. The van der Waals surface area contributed by atoms with E-state index < -0.39 is 0 Å². The molecule has 1 N–H and O–H groups in total. The van der Waals surface area contributed by atoms with Crippen LogP contribution in [0.2, 0.25) is 5.02 Å². The van der Waals surface area contributed by atoms with E-state index in [2.05, 4.69) is 31.3 Å². The Balaban J connectivity index is 1.66. The lowest BCUT2D eigenvalue weighted by Gasteiger charge is -2.55. The first-order valence-electron chi connectivity index (χ1n) is 8.29. The molecule has 2 unspecified atom stereocenters. The number of halogens is 1. The SMILES string of the molecule is CCOC1CC(N[C@H](C)c2ccc(Cl)cc2)C12CCCC2. The molecular weight excluding hydrogens is 282 g/mol. The zero-order chi connectivity index (χ0) is 14.9. The highest BCUT2D eigenvalue weighted by molar-refractivity contribution is 6.30. The fourth-order valence-corrected chi connectivity index (χ4v) is 4.40. The van der Waals surface area contributed by atoms with Gasteiger partial charge in [0, 0.05) is 29.1 Å². The summed E-state index contributed by atoms with van der Waals surface area (Å²) in [5.41, 5.74) is 1.71. The lowest BCUT2D eigenvalue weighted by atomic mass is 9.60. The molecule has 0 radical (unpaired) electrons. The predicted octanol–water partition coefficient (Wildman–Crippen LogP) is 4.73. The average molecular weight is 308 g/mol. The summed E-state index contributed by atoms with van der Waals surface area (Å²) in [4.78, 5) is 0. The highest BCUT2D eigenvalue weighted by Gasteiger charge is 2.56. The Labute approximate surface area is 133 Å². The maximum Gasteiger partial charge on any atom is 0.0661 e. The van der Waals surface area contributed by atoms with E-state index in [-0.39, 0.29) is 0 Å². The molecule has 2 aliphatic carbocycles. The summed E-state index contributed by atoms with van der Waals surface area (Å²) in [6.45, 7) is 5.20. The van der Waals surface area contributed by atoms with Crippen LogP contribution in [0.3, 0.4) is 0 Å². The molecule has 2 saturated carbocycles. The van der Waals surface area contributed by atoms with Crippen molar-refractivity contribution in [3.63, 3.8) is 0 Å². The minimum Gasteiger partial charge on any atom is -0.378 e. The van der Waals surface area contributed by atoms with E-state index in [4.69, 9.17) is 16.3 Å². The zero-order valence-corrected chi connectivity index (χ0v) is 13.8. The molecule has 0 aromatic heterocycles. The molecule has 1 aromatic carbocycles. The van der Waals surface area contributed by atoms with E-state index in [1.807, 2.05) is 12.1 Å². The van der Waals surface area contributed by atoms with Crippen molar-refractivity contribution >= 4 is 11.6 Å². The minimum atomic E-state index is 0.368. The maximum atomic E-state index is 5.99. The summed E-state index contributed by atoms with van der Waals surface area (Å²) in [7, 11) is 0. The van der Waals surface area contributed by atoms with Gasteiger partial charge < -0.3 is 10.1 Å².